The van der Waals surface area contributed by atoms with Crippen LogP contribution in [-0.2, 0) is 20.1 Å². The van der Waals surface area contributed by atoms with E-state index >= 15 is 0 Å². The van der Waals surface area contributed by atoms with E-state index in [9.17, 15) is 0 Å². The van der Waals surface area contributed by atoms with Gasteiger partial charge in [0.1, 0.15) is 0 Å². The number of aryl methyl sites for hydroxylation is 2. The van der Waals surface area contributed by atoms with Crippen LogP contribution in [-0.4, -0.2) is 47.8 Å². The molecule has 0 aliphatic carbocycles. The van der Waals surface area contributed by atoms with Crippen LogP contribution in [0.4, 0.5) is 0 Å². The number of nitrogens with zero attached hydrogens (tertiary/aromatic N) is 4. The molecular weight excluding hydrogens is 451 g/mol. The van der Waals surface area contributed by atoms with Crippen LogP contribution in [0.3, 0.4) is 0 Å². The highest BCUT2D eigenvalue weighted by molar-refractivity contribution is 14.0. The Morgan fingerprint density at radius 2 is 1.89 bits per heavy atom. The fourth-order valence-electron chi connectivity index (χ4n) is 3.00. The molecule has 0 unspecified atom stereocenters. The van der Waals surface area contributed by atoms with E-state index in [0.29, 0.717) is 0 Å². The Balaban J connectivity index is 0.00000364. The Labute approximate surface area is 180 Å². The van der Waals surface area contributed by atoms with Gasteiger partial charge in [-0.3, -0.25) is 9.67 Å². The third kappa shape index (κ3) is 7.50. The minimum absolute atomic E-state index is 0. The van der Waals surface area contributed by atoms with Gasteiger partial charge in [-0.05, 0) is 39.4 Å². The molecule has 150 valence electrons. The summed E-state index contributed by atoms with van der Waals surface area (Å²) in [6, 6.07) is 10.6. The molecule has 0 amide bonds. The van der Waals surface area contributed by atoms with Gasteiger partial charge in [-0.1, -0.05) is 30.3 Å². The lowest BCUT2D eigenvalue weighted by Crippen LogP contribution is -2.38. The lowest BCUT2D eigenvalue weighted by molar-refractivity contribution is 0.322. The third-order valence-electron chi connectivity index (χ3n) is 4.62. The van der Waals surface area contributed by atoms with Crippen LogP contribution in [0.15, 0.2) is 35.3 Å². The molecule has 1 heterocycles. The van der Waals surface area contributed by atoms with Gasteiger partial charge in [-0.2, -0.15) is 5.10 Å². The molecular formula is C20H33IN6. The van der Waals surface area contributed by atoms with Crippen molar-refractivity contribution in [3.8, 4) is 0 Å². The van der Waals surface area contributed by atoms with Crippen LogP contribution in [0.25, 0.3) is 0 Å². The molecule has 27 heavy (non-hydrogen) atoms. The zero-order chi connectivity index (χ0) is 18.9. The summed E-state index contributed by atoms with van der Waals surface area (Å²) < 4.78 is 1.92. The van der Waals surface area contributed by atoms with Crippen LogP contribution in [0.2, 0.25) is 0 Å². The van der Waals surface area contributed by atoms with Crippen molar-refractivity contribution in [2.75, 3.05) is 27.2 Å². The fourth-order valence-corrected chi connectivity index (χ4v) is 3.00. The lowest BCUT2D eigenvalue weighted by atomic mass is 10.2. The van der Waals surface area contributed by atoms with Gasteiger partial charge in [0.15, 0.2) is 5.96 Å². The summed E-state index contributed by atoms with van der Waals surface area (Å²) in [6.45, 7) is 7.79. The van der Waals surface area contributed by atoms with Crippen LogP contribution >= 0.6 is 24.0 Å². The molecule has 0 aliphatic rings. The molecule has 2 N–H and O–H groups in total. The van der Waals surface area contributed by atoms with Crippen molar-refractivity contribution < 1.29 is 0 Å². The molecule has 0 atom stereocenters. The van der Waals surface area contributed by atoms with Crippen molar-refractivity contribution in [1.82, 2.24) is 25.3 Å². The molecule has 6 nitrogen and oxygen atoms in total. The number of benzene rings is 1. The fraction of sp³-hybridized carbons (Fsp3) is 0.500. The van der Waals surface area contributed by atoms with E-state index in [1.54, 1.807) is 7.05 Å². The average Bonchev–Trinajstić information content (AvgIpc) is 2.87. The second-order valence-corrected chi connectivity index (χ2v) is 6.70. The average molecular weight is 484 g/mol. The van der Waals surface area contributed by atoms with E-state index < -0.39 is 0 Å². The molecule has 1 aromatic carbocycles. The van der Waals surface area contributed by atoms with Gasteiger partial charge < -0.3 is 15.5 Å². The first-order chi connectivity index (χ1) is 12.5. The summed E-state index contributed by atoms with van der Waals surface area (Å²) in [5.41, 5.74) is 4.84. The number of rotatable bonds is 8. The van der Waals surface area contributed by atoms with Gasteiger partial charge in [-0.25, -0.2) is 0 Å². The van der Waals surface area contributed by atoms with E-state index in [-0.39, 0.29) is 24.0 Å². The highest BCUT2D eigenvalue weighted by Gasteiger charge is 2.09. The normalized spacial score (nSPS) is 11.4. The van der Waals surface area contributed by atoms with E-state index in [0.717, 1.165) is 44.3 Å². The molecule has 0 saturated carbocycles. The van der Waals surface area contributed by atoms with Crippen LogP contribution in [0, 0.1) is 13.8 Å². The van der Waals surface area contributed by atoms with Crippen LogP contribution in [0.1, 0.15) is 28.9 Å². The van der Waals surface area contributed by atoms with Crippen molar-refractivity contribution in [3.63, 3.8) is 0 Å². The van der Waals surface area contributed by atoms with Gasteiger partial charge >= 0.3 is 0 Å². The highest BCUT2D eigenvalue weighted by atomic mass is 127. The van der Waals surface area contributed by atoms with Crippen molar-refractivity contribution in [1.29, 1.82) is 0 Å². The zero-order valence-corrected chi connectivity index (χ0v) is 19.4. The Bertz CT molecular complexity index is 711. The molecule has 2 rings (SSSR count). The number of aromatic nitrogens is 2. The number of nitrogens with one attached hydrogen (secondary N) is 2. The molecule has 0 spiro atoms. The summed E-state index contributed by atoms with van der Waals surface area (Å²) in [5.74, 6) is 0.832. The predicted octanol–water partition coefficient (Wildman–Crippen LogP) is 2.84. The Kier molecular flexibility index (Phi) is 10.4. The molecule has 0 bridgehead atoms. The van der Waals surface area contributed by atoms with Crippen LogP contribution in [0.5, 0.6) is 0 Å². The molecule has 0 saturated heterocycles. The maximum atomic E-state index is 4.45. The molecule has 1 aromatic heterocycles. The smallest absolute Gasteiger partial charge is 0.191 e. The molecule has 0 aliphatic heterocycles. The lowest BCUT2D eigenvalue weighted by Gasteiger charge is -2.17. The number of aliphatic imine (C=N–C) groups is 1. The first-order valence-electron chi connectivity index (χ1n) is 9.17. The first kappa shape index (κ1) is 23.4. The van der Waals surface area contributed by atoms with E-state index in [1.807, 2.05) is 18.7 Å². The molecule has 7 heteroatoms. The van der Waals surface area contributed by atoms with Crippen LogP contribution < -0.4 is 10.6 Å². The first-order valence-corrected chi connectivity index (χ1v) is 9.17. The molecule has 2 aromatic rings. The van der Waals surface area contributed by atoms with Crippen molar-refractivity contribution in [2.24, 2.45) is 12.0 Å². The van der Waals surface area contributed by atoms with E-state index in [4.69, 9.17) is 0 Å². The summed E-state index contributed by atoms with van der Waals surface area (Å²) in [7, 11) is 5.94. The summed E-state index contributed by atoms with van der Waals surface area (Å²) in [5, 5.41) is 11.2. The minimum Gasteiger partial charge on any atom is -0.356 e. The number of guanidine groups is 1. The summed E-state index contributed by atoms with van der Waals surface area (Å²) in [4.78, 5) is 6.65. The Morgan fingerprint density at radius 3 is 2.48 bits per heavy atom. The topological polar surface area (TPSA) is 57.5 Å². The van der Waals surface area contributed by atoms with Crippen molar-refractivity contribution in [3.05, 3.63) is 52.8 Å². The second-order valence-electron chi connectivity index (χ2n) is 6.70. The van der Waals surface area contributed by atoms with Crippen molar-refractivity contribution in [2.45, 2.75) is 33.4 Å². The quantitative estimate of drug-likeness (QED) is 0.262. The van der Waals surface area contributed by atoms with E-state index in [1.165, 1.54) is 16.8 Å². The number of halogens is 1. The van der Waals surface area contributed by atoms with Gasteiger partial charge in [0, 0.05) is 45.0 Å². The van der Waals surface area contributed by atoms with Gasteiger partial charge in [0.2, 0.25) is 0 Å². The summed E-state index contributed by atoms with van der Waals surface area (Å²) in [6.07, 6.45) is 1.06. The van der Waals surface area contributed by atoms with Crippen molar-refractivity contribution >= 4 is 29.9 Å². The number of hydrogen-bond acceptors (Lipinski definition) is 3. The second kappa shape index (κ2) is 12.0. The Morgan fingerprint density at radius 1 is 1.19 bits per heavy atom. The maximum Gasteiger partial charge on any atom is 0.191 e. The minimum atomic E-state index is 0. The van der Waals surface area contributed by atoms with Gasteiger partial charge in [0.05, 0.1) is 5.69 Å². The van der Waals surface area contributed by atoms with Gasteiger partial charge in [0.25, 0.3) is 0 Å². The maximum absolute atomic E-state index is 4.45. The van der Waals surface area contributed by atoms with E-state index in [2.05, 4.69) is 69.9 Å². The predicted molar refractivity (Wildman–Crippen MR) is 124 cm³/mol. The molecule has 0 radical (unpaired) electrons. The highest BCUT2D eigenvalue weighted by Crippen LogP contribution is 2.11. The standard InChI is InChI=1S/C20H32N6.HI/c1-16-19(17(2)26(5)24-16)14-23-20(21-3)22-12-9-13-25(4)15-18-10-7-6-8-11-18;/h6-8,10-11H,9,12-15H2,1-5H3,(H2,21,22,23);1H. The monoisotopic (exact) mass is 484 g/mol. The number of hydrogen-bond donors (Lipinski definition) is 2. The molecule has 0 fully saturated rings. The Hall–Kier alpha value is -1.61. The van der Waals surface area contributed by atoms with Gasteiger partial charge in [-0.15, -0.1) is 24.0 Å². The SMILES string of the molecule is CN=C(NCCCN(C)Cc1ccccc1)NCc1c(C)nn(C)c1C.I. The third-order valence-corrected chi connectivity index (χ3v) is 4.62. The zero-order valence-electron chi connectivity index (χ0n) is 17.1. The summed E-state index contributed by atoms with van der Waals surface area (Å²) >= 11 is 0. The largest absolute Gasteiger partial charge is 0.356 e.